The van der Waals surface area contributed by atoms with E-state index in [0.29, 0.717) is 34.5 Å². The molecule has 4 heterocycles. The normalized spacial score (nSPS) is 22.8. The molecule has 1 aromatic heterocycles. The number of hydrogen-bond donors (Lipinski definition) is 1. The van der Waals surface area contributed by atoms with Gasteiger partial charge in [-0.1, -0.05) is 42.9 Å². The summed E-state index contributed by atoms with van der Waals surface area (Å²) in [5, 5.41) is 0. The lowest BCUT2D eigenvalue weighted by Crippen LogP contribution is -2.55. The topological polar surface area (TPSA) is 90.2 Å². The smallest absolute Gasteiger partial charge is 0.307 e. The molecule has 0 radical (unpaired) electrons. The molecule has 1 aromatic carbocycles. The number of benzene rings is 1. The molecule has 0 spiro atoms. The van der Waals surface area contributed by atoms with Crippen molar-refractivity contribution in [1.82, 2.24) is 14.5 Å². The zero-order valence-corrected chi connectivity index (χ0v) is 20.1. The molecule has 0 saturated carbocycles. The summed E-state index contributed by atoms with van der Waals surface area (Å²) in [6.07, 6.45) is 1.03. The summed E-state index contributed by atoms with van der Waals surface area (Å²) in [6, 6.07) is 5.74. The van der Waals surface area contributed by atoms with E-state index in [4.69, 9.17) is 4.99 Å². The molecule has 2 unspecified atom stereocenters. The zero-order valence-electron chi connectivity index (χ0n) is 19.3. The number of para-hydroxylation sites is 1. The second-order valence-electron chi connectivity index (χ2n) is 8.48. The van der Waals surface area contributed by atoms with Gasteiger partial charge in [0.2, 0.25) is 4.80 Å². The third kappa shape index (κ3) is 3.03. The molecule has 5 rings (SSSR count). The predicted octanol–water partition coefficient (Wildman–Crippen LogP) is 1.17. The second kappa shape index (κ2) is 8.02. The molecule has 174 valence electrons. The number of carbonyl (C=O) groups excluding carboxylic acids is 2. The second-order valence-corrected chi connectivity index (χ2v) is 9.46. The maximum absolute atomic E-state index is 13.6. The van der Waals surface area contributed by atoms with Crippen LogP contribution in [0.3, 0.4) is 0 Å². The Morgan fingerprint density at radius 2 is 1.85 bits per heavy atom. The van der Waals surface area contributed by atoms with E-state index in [1.807, 2.05) is 43.9 Å². The van der Waals surface area contributed by atoms with Gasteiger partial charge in [0.15, 0.2) is 12.3 Å². The van der Waals surface area contributed by atoms with E-state index in [1.54, 1.807) is 9.80 Å². The monoisotopic (exact) mass is 468 g/mol. The van der Waals surface area contributed by atoms with Crippen molar-refractivity contribution in [3.8, 4) is 0 Å². The molecule has 1 saturated heterocycles. The molecule has 10 heteroatoms. The molecule has 9 nitrogen and oxygen atoms in total. The van der Waals surface area contributed by atoms with E-state index in [2.05, 4.69) is 12.3 Å². The number of fused-ring (bicyclic) bond motifs is 3. The van der Waals surface area contributed by atoms with Crippen LogP contribution in [-0.4, -0.2) is 58.4 Å². The van der Waals surface area contributed by atoms with Gasteiger partial charge < -0.3 is 4.90 Å². The van der Waals surface area contributed by atoms with Gasteiger partial charge in [0.1, 0.15) is 4.53 Å². The van der Waals surface area contributed by atoms with Gasteiger partial charge in [-0.05, 0) is 32.8 Å². The minimum absolute atomic E-state index is 0.0917. The quantitative estimate of drug-likeness (QED) is 0.713. The lowest BCUT2D eigenvalue weighted by atomic mass is 10.0. The molecule has 2 atom stereocenters. The number of thiazole rings is 1. The van der Waals surface area contributed by atoms with Crippen LogP contribution in [0.25, 0.3) is 5.57 Å². The molecular formula is C23H28N6O3S. The Morgan fingerprint density at radius 1 is 1.09 bits per heavy atom. The molecular weight excluding hydrogens is 440 g/mol. The van der Waals surface area contributed by atoms with Gasteiger partial charge in [0.05, 0.1) is 11.3 Å². The number of carbonyl (C=O) groups is 2. The van der Waals surface area contributed by atoms with Crippen LogP contribution >= 0.6 is 11.3 Å². The fourth-order valence-electron chi connectivity index (χ4n) is 4.95. The van der Waals surface area contributed by atoms with Gasteiger partial charge in [0.25, 0.3) is 11.5 Å². The number of urea groups is 1. The van der Waals surface area contributed by atoms with Crippen molar-refractivity contribution < 1.29 is 9.59 Å². The Morgan fingerprint density at radius 3 is 2.55 bits per heavy atom. The average molecular weight is 469 g/mol. The Hall–Kier alpha value is -3.14. The van der Waals surface area contributed by atoms with Crippen LogP contribution in [0.1, 0.15) is 44.7 Å². The van der Waals surface area contributed by atoms with Crippen LogP contribution in [0.15, 0.2) is 28.0 Å². The van der Waals surface area contributed by atoms with Gasteiger partial charge in [-0.2, -0.15) is 4.68 Å². The van der Waals surface area contributed by atoms with Crippen molar-refractivity contribution in [1.29, 1.82) is 0 Å². The fraction of sp³-hybridized carbons (Fsp3) is 0.478. The summed E-state index contributed by atoms with van der Waals surface area (Å²) in [4.78, 5) is 50.2. The fourth-order valence-corrected chi connectivity index (χ4v) is 6.00. The summed E-state index contributed by atoms with van der Waals surface area (Å²) < 4.78 is 1.79. The summed E-state index contributed by atoms with van der Waals surface area (Å²) in [7, 11) is 0. The molecule has 0 aliphatic carbocycles. The highest BCUT2D eigenvalue weighted by Gasteiger charge is 2.47. The Labute approximate surface area is 195 Å². The number of aryl methyl sites for hydroxylation is 1. The van der Waals surface area contributed by atoms with Crippen molar-refractivity contribution in [2.24, 2.45) is 4.99 Å². The Kier molecular flexibility index (Phi) is 5.27. The highest BCUT2D eigenvalue weighted by Crippen LogP contribution is 2.38. The van der Waals surface area contributed by atoms with Gasteiger partial charge in [-0.15, -0.1) is 0 Å². The van der Waals surface area contributed by atoms with Gasteiger partial charge in [-0.25, -0.2) is 9.79 Å². The van der Waals surface area contributed by atoms with E-state index in [1.165, 1.54) is 16.0 Å². The van der Waals surface area contributed by atoms with Crippen LogP contribution in [0.4, 0.5) is 10.5 Å². The number of likely N-dealkylation sites (N-methyl/N-ethyl adjacent to an activating group) is 2. The number of amides is 3. The number of rotatable bonds is 5. The lowest BCUT2D eigenvalue weighted by molar-refractivity contribution is -0.113. The molecule has 3 amide bonds. The van der Waals surface area contributed by atoms with E-state index in [9.17, 15) is 14.4 Å². The number of nitrogens with one attached hydrogen (secondary N) is 1. The van der Waals surface area contributed by atoms with E-state index >= 15 is 0 Å². The van der Waals surface area contributed by atoms with Gasteiger partial charge in [0, 0.05) is 25.2 Å². The van der Waals surface area contributed by atoms with Gasteiger partial charge in [-0.3, -0.25) is 24.8 Å². The predicted molar refractivity (Wildman–Crippen MR) is 127 cm³/mol. The van der Waals surface area contributed by atoms with Crippen LogP contribution in [0, 0.1) is 6.92 Å². The molecule has 2 aromatic rings. The Balaban J connectivity index is 1.71. The van der Waals surface area contributed by atoms with Crippen LogP contribution < -0.4 is 25.2 Å². The van der Waals surface area contributed by atoms with Crippen LogP contribution in [0.2, 0.25) is 0 Å². The highest BCUT2D eigenvalue weighted by atomic mass is 32.1. The molecule has 1 fully saturated rings. The van der Waals surface area contributed by atoms with Crippen LogP contribution in [0.5, 0.6) is 0 Å². The van der Waals surface area contributed by atoms with E-state index in [-0.39, 0.29) is 17.5 Å². The first-order valence-corrected chi connectivity index (χ1v) is 12.3. The van der Waals surface area contributed by atoms with E-state index in [0.717, 1.165) is 29.7 Å². The third-order valence-corrected chi connectivity index (χ3v) is 7.65. The lowest BCUT2D eigenvalue weighted by Gasteiger charge is -2.28. The van der Waals surface area contributed by atoms with Crippen molar-refractivity contribution in [2.45, 2.75) is 52.9 Å². The SMILES string of the molecule is CCCCN1C(=O)/C(=c2\sc3n(c2=O)NC2C(N=3)N(CC)C(=O)N2CC)c2cccc(C)c21. The maximum Gasteiger partial charge on any atom is 0.323 e. The number of hydrogen-bond acceptors (Lipinski definition) is 6. The number of unbranched alkanes of at least 4 members (excludes halogenated alkanes) is 1. The summed E-state index contributed by atoms with van der Waals surface area (Å²) in [6.45, 7) is 9.57. The number of anilines is 1. The third-order valence-electron chi connectivity index (χ3n) is 6.59. The average Bonchev–Trinajstić information content (AvgIpc) is 3.37. The summed E-state index contributed by atoms with van der Waals surface area (Å²) in [5.74, 6) is -0.134. The maximum atomic E-state index is 13.6. The molecule has 33 heavy (non-hydrogen) atoms. The van der Waals surface area contributed by atoms with Gasteiger partial charge >= 0.3 is 6.03 Å². The molecule has 3 aliphatic rings. The summed E-state index contributed by atoms with van der Waals surface area (Å²) >= 11 is 1.21. The Bertz CT molecular complexity index is 1330. The highest BCUT2D eigenvalue weighted by molar-refractivity contribution is 7.07. The minimum atomic E-state index is -0.421. The van der Waals surface area contributed by atoms with Crippen molar-refractivity contribution >= 4 is 34.5 Å². The minimum Gasteiger partial charge on any atom is -0.307 e. The standard InChI is InChI=1S/C23H28N6O3S/c1-5-8-12-28-16-13(4)10-9-11-14(16)15(20(28)30)17-21(31)29-22(33-17)24-18-19(25-29)27(7-3)23(32)26(18)6-2/h9-11,18-19,25H,5-8,12H2,1-4H3/b17-15-. The first-order valence-electron chi connectivity index (χ1n) is 11.5. The number of aromatic nitrogens is 1. The molecule has 1 N–H and O–H groups in total. The van der Waals surface area contributed by atoms with Crippen molar-refractivity contribution in [3.05, 3.63) is 49.0 Å². The first-order chi connectivity index (χ1) is 15.9. The van der Waals surface area contributed by atoms with Crippen molar-refractivity contribution in [3.63, 3.8) is 0 Å². The zero-order chi connectivity index (χ0) is 23.4. The largest absolute Gasteiger partial charge is 0.323 e. The molecule has 3 aliphatic heterocycles. The molecule has 0 bridgehead atoms. The van der Waals surface area contributed by atoms with E-state index < -0.39 is 12.3 Å². The van der Waals surface area contributed by atoms with Crippen LogP contribution in [-0.2, 0) is 4.79 Å². The first kappa shape index (κ1) is 21.7. The summed E-state index contributed by atoms with van der Waals surface area (Å²) in [5.41, 5.74) is 6.06. The van der Waals surface area contributed by atoms with Crippen molar-refractivity contribution in [2.75, 3.05) is 30.0 Å². The number of nitrogens with zero attached hydrogens (tertiary/aromatic N) is 5.